The van der Waals surface area contributed by atoms with Crippen LogP contribution in [-0.4, -0.2) is 22.2 Å². The number of carboxylic acids is 2. The standard InChI is InChI=1S/C14H29.C3H4O4.K.Li.H/c1-6-7-8-9-10-11-12-13(2)14(3,4)5;4-2(5)1-3(6)7;;;/h13H,2,6-12H2,1,3-5H3;1H2,(H,4,5)(H,6,7);;;/q-1;;2*+1;-1. The van der Waals surface area contributed by atoms with Crippen molar-refractivity contribution in [1.29, 1.82) is 0 Å². The Balaban J connectivity index is -0.000000105. The van der Waals surface area contributed by atoms with E-state index in [0.717, 1.165) is 0 Å². The van der Waals surface area contributed by atoms with Gasteiger partial charge < -0.3 is 18.6 Å². The summed E-state index contributed by atoms with van der Waals surface area (Å²) in [7, 11) is 0. The van der Waals surface area contributed by atoms with Crippen LogP contribution in [0.1, 0.15) is 80.5 Å². The van der Waals surface area contributed by atoms with Gasteiger partial charge in [-0.2, -0.15) is 5.92 Å². The minimum Gasteiger partial charge on any atom is -1.00 e. The second kappa shape index (κ2) is 19.5. The average molecular weight is 348 g/mol. The normalized spacial score (nSPS) is 11.2. The number of hydrogen-bond acceptors (Lipinski definition) is 2. The van der Waals surface area contributed by atoms with Gasteiger partial charge in [-0.05, 0) is 0 Å². The molecule has 0 aliphatic heterocycles. The molecule has 0 saturated carbocycles. The third-order valence-corrected chi connectivity index (χ3v) is 3.43. The van der Waals surface area contributed by atoms with E-state index in [2.05, 4.69) is 34.6 Å². The van der Waals surface area contributed by atoms with E-state index in [-0.39, 0.29) is 71.7 Å². The van der Waals surface area contributed by atoms with Gasteiger partial charge in [-0.1, -0.05) is 78.1 Å². The minimum atomic E-state index is -1.31. The summed E-state index contributed by atoms with van der Waals surface area (Å²) < 4.78 is 0. The fraction of sp³-hybridized carbons (Fsp3) is 0.824. The average Bonchev–Trinajstić information content (AvgIpc) is 2.31. The van der Waals surface area contributed by atoms with Crippen LogP contribution in [0.25, 0.3) is 0 Å². The summed E-state index contributed by atoms with van der Waals surface area (Å²) >= 11 is 0. The molecule has 0 aromatic carbocycles. The molecule has 4 nitrogen and oxygen atoms in total. The fourth-order valence-corrected chi connectivity index (χ4v) is 1.73. The van der Waals surface area contributed by atoms with Crippen LogP contribution in [-0.2, 0) is 9.59 Å². The summed E-state index contributed by atoms with van der Waals surface area (Å²) in [5.74, 6) is -2.01. The molecule has 0 heterocycles. The summed E-state index contributed by atoms with van der Waals surface area (Å²) in [4.78, 5) is 18.9. The summed E-state index contributed by atoms with van der Waals surface area (Å²) in [5.41, 5.74) is 0.392. The number of carbonyl (C=O) groups is 2. The Hall–Kier alpha value is 1.17. The number of carboxylic acid groups (broad SMARTS) is 2. The third kappa shape index (κ3) is 28.3. The topological polar surface area (TPSA) is 74.6 Å². The van der Waals surface area contributed by atoms with Gasteiger partial charge in [0.15, 0.2) is 0 Å². The van der Waals surface area contributed by atoms with E-state index < -0.39 is 18.4 Å². The molecule has 0 spiro atoms. The van der Waals surface area contributed by atoms with E-state index in [4.69, 9.17) is 10.2 Å². The molecule has 1 atom stereocenters. The number of aliphatic carboxylic acids is 2. The van der Waals surface area contributed by atoms with Crippen LogP contribution in [0, 0.1) is 18.3 Å². The van der Waals surface area contributed by atoms with Crippen molar-refractivity contribution >= 4 is 11.9 Å². The predicted octanol–water partition coefficient (Wildman–Crippen LogP) is -1.10. The van der Waals surface area contributed by atoms with Crippen LogP contribution < -0.4 is 70.2 Å². The molecule has 2 N–H and O–H groups in total. The van der Waals surface area contributed by atoms with Gasteiger partial charge >= 0.3 is 82.2 Å². The van der Waals surface area contributed by atoms with Gasteiger partial charge in [0, 0.05) is 0 Å². The monoisotopic (exact) mass is 348 g/mol. The van der Waals surface area contributed by atoms with Crippen molar-refractivity contribution in [3.05, 3.63) is 6.92 Å². The van der Waals surface area contributed by atoms with Crippen LogP contribution in [0.3, 0.4) is 0 Å². The first-order valence-corrected chi connectivity index (χ1v) is 7.87. The van der Waals surface area contributed by atoms with Gasteiger partial charge in [0.2, 0.25) is 0 Å². The van der Waals surface area contributed by atoms with E-state index >= 15 is 0 Å². The van der Waals surface area contributed by atoms with E-state index in [1.165, 1.54) is 44.9 Å². The van der Waals surface area contributed by atoms with Crippen molar-refractivity contribution in [3.8, 4) is 0 Å². The van der Waals surface area contributed by atoms with Gasteiger partial charge in [-0.25, -0.2) is 0 Å². The number of hydrogen-bond donors (Lipinski definition) is 2. The largest absolute Gasteiger partial charge is 1.00 e. The van der Waals surface area contributed by atoms with E-state index in [0.29, 0.717) is 11.3 Å². The first-order valence-electron chi connectivity index (χ1n) is 7.87. The zero-order valence-electron chi connectivity index (χ0n) is 17.2. The molecular weight excluding hydrogens is 314 g/mol. The van der Waals surface area contributed by atoms with Crippen molar-refractivity contribution in [1.82, 2.24) is 0 Å². The predicted molar refractivity (Wildman–Crippen MR) is 87.3 cm³/mol. The van der Waals surface area contributed by atoms with Crippen molar-refractivity contribution < 1.29 is 91.5 Å². The second-order valence-corrected chi connectivity index (χ2v) is 6.58. The molecule has 0 amide bonds. The molecule has 23 heavy (non-hydrogen) atoms. The van der Waals surface area contributed by atoms with Crippen LogP contribution in [0.5, 0.6) is 0 Å². The first kappa shape index (κ1) is 31.9. The Morgan fingerprint density at radius 2 is 1.39 bits per heavy atom. The fourth-order valence-electron chi connectivity index (χ4n) is 1.73. The maximum absolute atomic E-state index is 9.43. The van der Waals surface area contributed by atoms with E-state index in [9.17, 15) is 9.59 Å². The number of unbranched alkanes of at least 4 members (excludes halogenated alkanes) is 5. The molecule has 0 bridgehead atoms. The Morgan fingerprint density at radius 1 is 1.00 bits per heavy atom. The van der Waals surface area contributed by atoms with Crippen LogP contribution >= 0.6 is 0 Å². The zero-order chi connectivity index (χ0) is 16.9. The number of rotatable bonds is 9. The molecule has 0 aromatic heterocycles. The van der Waals surface area contributed by atoms with Crippen LogP contribution in [0.2, 0.25) is 0 Å². The smallest absolute Gasteiger partial charge is 1.00 e. The molecule has 1 unspecified atom stereocenters. The van der Waals surface area contributed by atoms with E-state index in [1.54, 1.807) is 0 Å². The molecule has 0 aliphatic carbocycles. The van der Waals surface area contributed by atoms with Gasteiger partial charge in [-0.15, -0.1) is 0 Å². The first-order chi connectivity index (χ1) is 9.61. The summed E-state index contributed by atoms with van der Waals surface area (Å²) in [6.07, 6.45) is 8.87. The summed E-state index contributed by atoms with van der Waals surface area (Å²) in [6, 6.07) is 0. The molecule has 0 aliphatic rings. The Labute approximate surface area is 198 Å². The Morgan fingerprint density at radius 3 is 1.70 bits per heavy atom. The van der Waals surface area contributed by atoms with Gasteiger partial charge in [0.1, 0.15) is 6.42 Å². The quantitative estimate of drug-likeness (QED) is 0.240. The molecular formula is C17H34KLiO4. The Kier molecular flexibility index (Phi) is 27.0. The van der Waals surface area contributed by atoms with Crippen molar-refractivity contribution in [2.45, 2.75) is 79.1 Å². The zero-order valence-corrected chi connectivity index (χ0v) is 19.3. The molecule has 0 fully saturated rings. The summed E-state index contributed by atoms with van der Waals surface area (Å²) in [6.45, 7) is 13.4. The molecule has 128 valence electrons. The Bertz CT molecular complexity index is 285. The maximum atomic E-state index is 9.43. The maximum Gasteiger partial charge on any atom is 1.00 e. The molecule has 6 heteroatoms. The molecule has 0 radical (unpaired) electrons. The van der Waals surface area contributed by atoms with Gasteiger partial charge in [-0.3, -0.25) is 9.59 Å². The minimum absolute atomic E-state index is 0. The molecule has 0 aromatic rings. The van der Waals surface area contributed by atoms with Crippen LogP contribution in [0.15, 0.2) is 0 Å². The van der Waals surface area contributed by atoms with Crippen molar-refractivity contribution in [2.24, 2.45) is 11.3 Å². The second-order valence-electron chi connectivity index (χ2n) is 6.58. The van der Waals surface area contributed by atoms with Gasteiger partial charge in [0.25, 0.3) is 0 Å². The summed E-state index contributed by atoms with van der Waals surface area (Å²) in [5, 5.41) is 15.4. The SMILES string of the molecule is O=C(O)CC(=O)O.[CH2-]C(CCCCCCCC)C(C)(C)C.[H-].[K+].[Li+]. The third-order valence-electron chi connectivity index (χ3n) is 3.43. The molecule has 0 rings (SSSR count). The van der Waals surface area contributed by atoms with Gasteiger partial charge in [0.05, 0.1) is 0 Å². The van der Waals surface area contributed by atoms with Crippen molar-refractivity contribution in [3.63, 3.8) is 0 Å². The van der Waals surface area contributed by atoms with Crippen LogP contribution in [0.4, 0.5) is 0 Å². The van der Waals surface area contributed by atoms with Crippen molar-refractivity contribution in [2.75, 3.05) is 0 Å². The van der Waals surface area contributed by atoms with E-state index in [1.807, 2.05) is 0 Å². The molecule has 0 saturated heterocycles.